The Morgan fingerprint density at radius 2 is 1.72 bits per heavy atom. The van der Waals surface area contributed by atoms with Crippen molar-refractivity contribution in [3.8, 4) is 0 Å². The summed E-state index contributed by atoms with van der Waals surface area (Å²) in [6.07, 6.45) is 5.73. The number of aliphatic hydroxyl groups is 1. The van der Waals surface area contributed by atoms with Gasteiger partial charge in [-0.15, -0.1) is 11.8 Å². The quantitative estimate of drug-likeness (QED) is 0.805. The van der Waals surface area contributed by atoms with Crippen LogP contribution in [-0.4, -0.2) is 16.5 Å². The van der Waals surface area contributed by atoms with E-state index in [0.717, 1.165) is 12.8 Å². The smallest absolute Gasteiger partial charge is 0.0662 e. The van der Waals surface area contributed by atoms with Crippen molar-refractivity contribution in [2.24, 2.45) is 0 Å². The summed E-state index contributed by atoms with van der Waals surface area (Å²) in [6.45, 7) is 4.44. The van der Waals surface area contributed by atoms with Gasteiger partial charge in [0.2, 0.25) is 0 Å². The predicted octanol–water partition coefficient (Wildman–Crippen LogP) is 4.60. The van der Waals surface area contributed by atoms with Crippen molar-refractivity contribution in [1.29, 1.82) is 0 Å². The van der Waals surface area contributed by atoms with Crippen molar-refractivity contribution in [3.63, 3.8) is 0 Å². The summed E-state index contributed by atoms with van der Waals surface area (Å²) in [7, 11) is 0. The summed E-state index contributed by atoms with van der Waals surface area (Å²) in [5.41, 5.74) is 1.39. The Morgan fingerprint density at radius 1 is 1.06 bits per heavy atom. The van der Waals surface area contributed by atoms with Crippen LogP contribution in [0, 0.1) is 0 Å². The van der Waals surface area contributed by atoms with Crippen LogP contribution in [0.4, 0.5) is 0 Å². The van der Waals surface area contributed by atoms with Gasteiger partial charge in [0, 0.05) is 10.1 Å². The van der Waals surface area contributed by atoms with E-state index in [2.05, 4.69) is 38.1 Å². The molecule has 0 amide bonds. The third kappa shape index (κ3) is 3.76. The molecule has 1 N–H and O–H groups in total. The van der Waals surface area contributed by atoms with Gasteiger partial charge in [-0.1, -0.05) is 45.2 Å². The Kier molecular flexibility index (Phi) is 5.13. The molecule has 0 heterocycles. The fourth-order valence-corrected chi connectivity index (χ4v) is 3.72. The highest BCUT2D eigenvalue weighted by molar-refractivity contribution is 8.00. The molecule has 2 rings (SSSR count). The van der Waals surface area contributed by atoms with Gasteiger partial charge in [-0.3, -0.25) is 0 Å². The standard InChI is InChI=1S/C16H24OS/c1-12(2)13-8-10-14(11-9-13)18-16-7-5-3-4-6-15(16)17/h8-12,15-17H,3-7H2,1-2H3. The summed E-state index contributed by atoms with van der Waals surface area (Å²) in [5.74, 6) is 0.590. The first-order chi connectivity index (χ1) is 8.66. The Hall–Kier alpha value is -0.470. The molecule has 0 aromatic heterocycles. The van der Waals surface area contributed by atoms with Gasteiger partial charge < -0.3 is 5.11 Å². The highest BCUT2D eigenvalue weighted by Gasteiger charge is 2.22. The lowest BCUT2D eigenvalue weighted by molar-refractivity contribution is 0.163. The molecule has 0 aliphatic heterocycles. The van der Waals surface area contributed by atoms with E-state index in [1.54, 1.807) is 0 Å². The van der Waals surface area contributed by atoms with E-state index in [9.17, 15) is 5.11 Å². The van der Waals surface area contributed by atoms with Crippen molar-refractivity contribution >= 4 is 11.8 Å². The van der Waals surface area contributed by atoms with Crippen LogP contribution in [0.2, 0.25) is 0 Å². The van der Waals surface area contributed by atoms with Crippen LogP contribution in [0.3, 0.4) is 0 Å². The molecule has 0 saturated heterocycles. The molecular weight excluding hydrogens is 240 g/mol. The second kappa shape index (κ2) is 6.63. The first kappa shape index (κ1) is 14.0. The maximum absolute atomic E-state index is 10.1. The second-order valence-corrected chi connectivity index (χ2v) is 6.90. The largest absolute Gasteiger partial charge is 0.392 e. The second-order valence-electron chi connectivity index (χ2n) is 5.59. The summed E-state index contributed by atoms with van der Waals surface area (Å²) in [4.78, 5) is 1.30. The average Bonchev–Trinajstić information content (AvgIpc) is 2.56. The highest BCUT2D eigenvalue weighted by Crippen LogP contribution is 2.33. The Morgan fingerprint density at radius 3 is 2.39 bits per heavy atom. The SMILES string of the molecule is CC(C)c1ccc(SC2CCCCCC2O)cc1. The minimum Gasteiger partial charge on any atom is -0.392 e. The van der Waals surface area contributed by atoms with Crippen LogP contribution in [0.15, 0.2) is 29.2 Å². The first-order valence-corrected chi connectivity index (χ1v) is 7.99. The highest BCUT2D eigenvalue weighted by atomic mass is 32.2. The van der Waals surface area contributed by atoms with E-state index in [1.807, 2.05) is 11.8 Å². The van der Waals surface area contributed by atoms with E-state index in [0.29, 0.717) is 11.2 Å². The van der Waals surface area contributed by atoms with Gasteiger partial charge in [0.05, 0.1) is 6.10 Å². The van der Waals surface area contributed by atoms with Crippen LogP contribution in [0.25, 0.3) is 0 Å². The summed E-state index contributed by atoms with van der Waals surface area (Å²) >= 11 is 1.86. The topological polar surface area (TPSA) is 20.2 Å². The number of hydrogen-bond donors (Lipinski definition) is 1. The number of benzene rings is 1. The fraction of sp³-hybridized carbons (Fsp3) is 0.625. The molecule has 1 nitrogen and oxygen atoms in total. The van der Waals surface area contributed by atoms with E-state index < -0.39 is 0 Å². The molecule has 1 aliphatic rings. The molecule has 1 aromatic rings. The van der Waals surface area contributed by atoms with E-state index >= 15 is 0 Å². The minimum atomic E-state index is -0.123. The van der Waals surface area contributed by atoms with Gasteiger partial charge in [0.1, 0.15) is 0 Å². The summed E-state index contributed by atoms with van der Waals surface area (Å²) < 4.78 is 0. The normalized spacial score (nSPS) is 25.1. The molecule has 0 spiro atoms. The maximum Gasteiger partial charge on any atom is 0.0662 e. The van der Waals surface area contributed by atoms with Crippen molar-refractivity contribution in [1.82, 2.24) is 0 Å². The molecule has 2 unspecified atom stereocenters. The molecule has 100 valence electrons. The van der Waals surface area contributed by atoms with Crippen molar-refractivity contribution in [2.75, 3.05) is 0 Å². The fourth-order valence-electron chi connectivity index (χ4n) is 2.50. The molecule has 2 heteroatoms. The summed E-state index contributed by atoms with van der Waals surface area (Å²) in [5, 5.41) is 10.5. The molecule has 18 heavy (non-hydrogen) atoms. The predicted molar refractivity (Wildman–Crippen MR) is 79.3 cm³/mol. The lowest BCUT2D eigenvalue weighted by Gasteiger charge is -2.20. The van der Waals surface area contributed by atoms with Gasteiger partial charge in [0.15, 0.2) is 0 Å². The molecule has 1 fully saturated rings. The van der Waals surface area contributed by atoms with Crippen LogP contribution in [-0.2, 0) is 0 Å². The lowest BCUT2D eigenvalue weighted by Crippen LogP contribution is -2.21. The monoisotopic (exact) mass is 264 g/mol. The molecule has 0 bridgehead atoms. The molecule has 1 saturated carbocycles. The van der Waals surface area contributed by atoms with Crippen LogP contribution in [0.5, 0.6) is 0 Å². The number of rotatable bonds is 3. The molecule has 1 aromatic carbocycles. The zero-order valence-electron chi connectivity index (χ0n) is 11.4. The third-order valence-electron chi connectivity index (χ3n) is 3.75. The Balaban J connectivity index is 1.99. The zero-order valence-corrected chi connectivity index (χ0v) is 12.2. The average molecular weight is 264 g/mol. The number of thioether (sulfide) groups is 1. The molecular formula is C16H24OS. The number of hydrogen-bond acceptors (Lipinski definition) is 2. The Bertz CT molecular complexity index is 358. The van der Waals surface area contributed by atoms with Crippen LogP contribution in [0.1, 0.15) is 57.4 Å². The van der Waals surface area contributed by atoms with Gasteiger partial charge in [0.25, 0.3) is 0 Å². The molecule has 0 radical (unpaired) electrons. The van der Waals surface area contributed by atoms with E-state index in [4.69, 9.17) is 0 Å². The van der Waals surface area contributed by atoms with Crippen molar-refractivity contribution < 1.29 is 5.11 Å². The van der Waals surface area contributed by atoms with E-state index in [1.165, 1.54) is 29.7 Å². The van der Waals surface area contributed by atoms with Crippen molar-refractivity contribution in [2.45, 2.75) is 68.1 Å². The first-order valence-electron chi connectivity index (χ1n) is 7.11. The maximum atomic E-state index is 10.1. The Labute approximate surface area is 115 Å². The van der Waals surface area contributed by atoms with Gasteiger partial charge in [-0.2, -0.15) is 0 Å². The van der Waals surface area contributed by atoms with Crippen LogP contribution >= 0.6 is 11.8 Å². The lowest BCUT2D eigenvalue weighted by atomic mass is 10.0. The molecule has 1 aliphatic carbocycles. The van der Waals surface area contributed by atoms with Crippen LogP contribution < -0.4 is 0 Å². The van der Waals surface area contributed by atoms with Gasteiger partial charge >= 0.3 is 0 Å². The third-order valence-corrected chi connectivity index (χ3v) is 5.15. The van der Waals surface area contributed by atoms with Gasteiger partial charge in [-0.05, 0) is 36.5 Å². The zero-order chi connectivity index (χ0) is 13.0. The molecule has 2 atom stereocenters. The van der Waals surface area contributed by atoms with E-state index in [-0.39, 0.29) is 6.10 Å². The van der Waals surface area contributed by atoms with Gasteiger partial charge in [-0.25, -0.2) is 0 Å². The summed E-state index contributed by atoms with van der Waals surface area (Å²) in [6, 6.07) is 8.85. The van der Waals surface area contributed by atoms with Crippen molar-refractivity contribution in [3.05, 3.63) is 29.8 Å². The minimum absolute atomic E-state index is 0.123. The number of aliphatic hydroxyl groups excluding tert-OH is 1.